The number of aryl methyl sites for hydroxylation is 2. The molecule has 0 saturated carbocycles. The fourth-order valence-electron chi connectivity index (χ4n) is 3.18. The van der Waals surface area contributed by atoms with E-state index in [1.165, 1.54) is 31.2 Å². The summed E-state index contributed by atoms with van der Waals surface area (Å²) < 4.78 is 36.1. The highest BCUT2D eigenvalue weighted by Crippen LogP contribution is 2.27. The largest absolute Gasteiger partial charge is 0.379 e. The maximum atomic E-state index is 12.7. The number of morpholine rings is 1. The smallest absolute Gasteiger partial charge is 0.339 e. The lowest BCUT2D eigenvalue weighted by Crippen LogP contribution is -2.35. The lowest BCUT2D eigenvalue weighted by atomic mass is 10.0. The van der Waals surface area contributed by atoms with E-state index in [1.807, 2.05) is 19.9 Å². The minimum Gasteiger partial charge on any atom is -0.379 e. The zero-order valence-corrected chi connectivity index (χ0v) is 17.7. The number of amides is 1. The van der Waals surface area contributed by atoms with Gasteiger partial charge in [-0.25, -0.2) is 0 Å². The minimum atomic E-state index is -3.98. The quantitative estimate of drug-likeness (QED) is 0.726. The van der Waals surface area contributed by atoms with Gasteiger partial charge in [0.25, 0.3) is 0 Å². The summed E-state index contributed by atoms with van der Waals surface area (Å²) in [4.78, 5) is 13.4. The second kappa shape index (κ2) is 8.94. The zero-order chi connectivity index (χ0) is 21.0. The molecule has 0 aliphatic carbocycles. The van der Waals surface area contributed by atoms with E-state index in [-0.39, 0.29) is 10.8 Å². The van der Waals surface area contributed by atoms with E-state index in [9.17, 15) is 13.2 Å². The van der Waals surface area contributed by atoms with E-state index in [2.05, 4.69) is 10.2 Å². The molecule has 3 rings (SSSR count). The van der Waals surface area contributed by atoms with Crippen molar-refractivity contribution in [3.8, 4) is 5.75 Å². The average molecular weight is 419 g/mol. The van der Waals surface area contributed by atoms with Crippen molar-refractivity contribution >= 4 is 21.7 Å². The molecule has 0 spiro atoms. The number of rotatable bonds is 6. The van der Waals surface area contributed by atoms with Gasteiger partial charge in [-0.3, -0.25) is 9.69 Å². The van der Waals surface area contributed by atoms with Crippen molar-refractivity contribution in [3.05, 3.63) is 53.1 Å². The Morgan fingerprint density at radius 1 is 1.10 bits per heavy atom. The summed E-state index contributed by atoms with van der Waals surface area (Å²) in [6.45, 7) is 9.23. The first-order chi connectivity index (χ1) is 13.7. The van der Waals surface area contributed by atoms with Crippen LogP contribution in [0.5, 0.6) is 5.75 Å². The van der Waals surface area contributed by atoms with Crippen molar-refractivity contribution in [1.82, 2.24) is 4.90 Å². The fraction of sp³-hybridized carbons (Fsp3) is 0.381. The second-order valence-corrected chi connectivity index (χ2v) is 8.72. The molecule has 1 aliphatic heterocycles. The van der Waals surface area contributed by atoms with Crippen LogP contribution < -0.4 is 9.50 Å². The van der Waals surface area contributed by atoms with Crippen LogP contribution >= 0.6 is 0 Å². The van der Waals surface area contributed by atoms with Gasteiger partial charge in [-0.1, -0.05) is 6.07 Å². The Morgan fingerprint density at radius 2 is 1.76 bits per heavy atom. The lowest BCUT2D eigenvalue weighted by Gasteiger charge is -2.27. The van der Waals surface area contributed by atoms with Crippen molar-refractivity contribution < 1.29 is 22.1 Å². The first-order valence-corrected chi connectivity index (χ1v) is 10.9. The van der Waals surface area contributed by atoms with Crippen molar-refractivity contribution in [2.75, 3.05) is 31.6 Å². The van der Waals surface area contributed by atoms with Crippen molar-refractivity contribution in [3.63, 3.8) is 0 Å². The Hall–Kier alpha value is -2.42. The highest BCUT2D eigenvalue weighted by Gasteiger charge is 2.19. The van der Waals surface area contributed by atoms with Crippen LogP contribution in [0.4, 0.5) is 5.69 Å². The molecule has 8 heteroatoms. The number of hydrogen-bond acceptors (Lipinski definition) is 6. The number of ether oxygens (including phenoxy) is 1. The Bertz CT molecular complexity index is 981. The molecule has 0 atom stereocenters. The number of carbonyl (C=O) groups excluding carboxylic acids is 1. The summed E-state index contributed by atoms with van der Waals surface area (Å²) in [7, 11) is -3.98. The topological polar surface area (TPSA) is 84.9 Å². The number of nitrogens with one attached hydrogen (secondary N) is 1. The lowest BCUT2D eigenvalue weighted by molar-refractivity contribution is -0.114. The number of hydrogen-bond donors (Lipinski definition) is 1. The van der Waals surface area contributed by atoms with Gasteiger partial charge in [0.2, 0.25) is 5.91 Å². The summed E-state index contributed by atoms with van der Waals surface area (Å²) >= 11 is 0. The SMILES string of the molecule is CC(=O)Nc1ccc(S(=O)(=O)Oc2cc(C)c(CN3CCOCC3)cc2C)cc1. The van der Waals surface area contributed by atoms with Crippen LogP contribution in [-0.4, -0.2) is 45.5 Å². The number of benzene rings is 2. The van der Waals surface area contributed by atoms with Gasteiger partial charge in [0.1, 0.15) is 10.6 Å². The van der Waals surface area contributed by atoms with Gasteiger partial charge >= 0.3 is 10.1 Å². The summed E-state index contributed by atoms with van der Waals surface area (Å²) in [5, 5.41) is 2.60. The monoisotopic (exact) mass is 418 g/mol. The Labute approximate surface area is 171 Å². The molecule has 1 aliphatic rings. The molecule has 1 amide bonds. The molecule has 0 aromatic heterocycles. The molecule has 0 radical (unpaired) electrons. The minimum absolute atomic E-state index is 0.0287. The van der Waals surface area contributed by atoms with E-state index in [4.69, 9.17) is 8.92 Å². The fourth-order valence-corrected chi connectivity index (χ4v) is 4.17. The van der Waals surface area contributed by atoms with Gasteiger partial charge in [-0.15, -0.1) is 0 Å². The Kier molecular flexibility index (Phi) is 6.56. The zero-order valence-electron chi connectivity index (χ0n) is 16.9. The van der Waals surface area contributed by atoms with Gasteiger partial charge in [0, 0.05) is 32.2 Å². The number of anilines is 1. The summed E-state index contributed by atoms with van der Waals surface area (Å²) in [5.41, 5.74) is 3.41. The summed E-state index contributed by atoms with van der Waals surface area (Å²) in [6, 6.07) is 9.64. The van der Waals surface area contributed by atoms with Crippen LogP contribution in [0.15, 0.2) is 41.3 Å². The molecule has 29 heavy (non-hydrogen) atoms. The summed E-state index contributed by atoms with van der Waals surface area (Å²) in [5.74, 6) is 0.0966. The van der Waals surface area contributed by atoms with Gasteiger partial charge in [0.05, 0.1) is 13.2 Å². The second-order valence-electron chi connectivity index (χ2n) is 7.18. The Morgan fingerprint density at radius 3 is 2.38 bits per heavy atom. The van der Waals surface area contributed by atoms with E-state index in [0.29, 0.717) is 11.4 Å². The third kappa shape index (κ3) is 5.56. The van der Waals surface area contributed by atoms with Crippen molar-refractivity contribution in [2.24, 2.45) is 0 Å². The number of carbonyl (C=O) groups is 1. The molecule has 2 aromatic rings. The molecule has 0 unspecified atom stereocenters. The van der Waals surface area contributed by atoms with Crippen LogP contribution in [0.1, 0.15) is 23.6 Å². The predicted molar refractivity (Wildman–Crippen MR) is 111 cm³/mol. The molecule has 7 nitrogen and oxygen atoms in total. The third-order valence-electron chi connectivity index (χ3n) is 4.79. The van der Waals surface area contributed by atoms with Gasteiger partial charge < -0.3 is 14.2 Å². The molecule has 1 heterocycles. The molecule has 2 aromatic carbocycles. The molecule has 1 fully saturated rings. The molecular weight excluding hydrogens is 392 g/mol. The average Bonchev–Trinajstić information content (AvgIpc) is 2.66. The van der Waals surface area contributed by atoms with E-state index in [1.54, 1.807) is 6.07 Å². The molecule has 1 saturated heterocycles. The first-order valence-electron chi connectivity index (χ1n) is 9.47. The van der Waals surface area contributed by atoms with Crippen LogP contribution in [0, 0.1) is 13.8 Å². The van der Waals surface area contributed by atoms with Gasteiger partial charge in [-0.05, 0) is 60.9 Å². The van der Waals surface area contributed by atoms with Crippen molar-refractivity contribution in [1.29, 1.82) is 0 Å². The van der Waals surface area contributed by atoms with Crippen LogP contribution in [0.2, 0.25) is 0 Å². The predicted octanol–water partition coefficient (Wildman–Crippen LogP) is 2.86. The van der Waals surface area contributed by atoms with Gasteiger partial charge in [-0.2, -0.15) is 8.42 Å². The molecule has 0 bridgehead atoms. The molecule has 1 N–H and O–H groups in total. The molecule has 156 valence electrons. The standard InChI is InChI=1S/C21H26N2O5S/c1-15-13-21(16(2)12-18(15)14-23-8-10-27-11-9-23)28-29(25,26)20-6-4-19(5-7-20)22-17(3)24/h4-7,12-13H,8-11,14H2,1-3H3,(H,22,24). The van der Waals surface area contributed by atoms with E-state index >= 15 is 0 Å². The Balaban J connectivity index is 1.76. The normalized spacial score (nSPS) is 15.1. The van der Waals surface area contributed by atoms with E-state index < -0.39 is 10.1 Å². The third-order valence-corrected chi connectivity index (χ3v) is 6.04. The number of nitrogens with zero attached hydrogens (tertiary/aromatic N) is 1. The molecular formula is C21H26N2O5S. The summed E-state index contributed by atoms with van der Waals surface area (Å²) in [6.07, 6.45) is 0. The highest BCUT2D eigenvalue weighted by molar-refractivity contribution is 7.87. The highest BCUT2D eigenvalue weighted by atomic mass is 32.2. The van der Waals surface area contributed by atoms with E-state index in [0.717, 1.165) is 49.5 Å². The van der Waals surface area contributed by atoms with Gasteiger partial charge in [0.15, 0.2) is 0 Å². The maximum absolute atomic E-state index is 12.7. The van der Waals surface area contributed by atoms with Crippen molar-refractivity contribution in [2.45, 2.75) is 32.2 Å². The van der Waals surface area contributed by atoms with Crippen LogP contribution in [0.3, 0.4) is 0 Å². The maximum Gasteiger partial charge on any atom is 0.339 e. The van der Waals surface area contributed by atoms with Crippen LogP contribution in [-0.2, 0) is 26.2 Å². The van der Waals surface area contributed by atoms with Crippen LogP contribution in [0.25, 0.3) is 0 Å². The first kappa shape index (κ1) is 21.3.